The molecule has 2 heterocycles. The number of nitrogens with one attached hydrogen (secondary N) is 2. The van der Waals surface area contributed by atoms with Crippen molar-refractivity contribution < 1.29 is 17.9 Å². The lowest BCUT2D eigenvalue weighted by Crippen LogP contribution is -2.49. The minimum Gasteiger partial charge on any atom is -0.376 e. The van der Waals surface area contributed by atoms with E-state index in [1.807, 2.05) is 0 Å². The summed E-state index contributed by atoms with van der Waals surface area (Å²) in [7, 11) is -3.40. The molecule has 2 N–H and O–H groups in total. The van der Waals surface area contributed by atoms with E-state index in [0.717, 1.165) is 25.9 Å². The van der Waals surface area contributed by atoms with E-state index in [2.05, 4.69) is 17.0 Å². The fourth-order valence-corrected chi connectivity index (χ4v) is 3.92. The number of hydrogen-bond acceptors (Lipinski definition) is 5. The molecule has 1 atom stereocenters. The fraction of sp³-hybridized carbons (Fsp3) is 1.00. The number of piperidine rings is 1. The van der Waals surface area contributed by atoms with Crippen LogP contribution in [-0.4, -0.2) is 71.4 Å². The lowest BCUT2D eigenvalue weighted by atomic mass is 9.98. The van der Waals surface area contributed by atoms with Crippen LogP contribution in [0.4, 0.5) is 0 Å². The fourth-order valence-electron chi connectivity index (χ4n) is 2.65. The highest BCUT2D eigenvalue weighted by atomic mass is 32.2. The Kier molecular flexibility index (Phi) is 6.84. The van der Waals surface area contributed by atoms with Crippen LogP contribution in [0.5, 0.6) is 0 Å². The Balaban J connectivity index is 1.72. The van der Waals surface area contributed by atoms with Crippen LogP contribution in [0.2, 0.25) is 0 Å². The van der Waals surface area contributed by atoms with E-state index < -0.39 is 10.2 Å². The summed E-state index contributed by atoms with van der Waals surface area (Å²) in [4.78, 5) is 0. The van der Waals surface area contributed by atoms with E-state index in [-0.39, 0.29) is 12.6 Å². The van der Waals surface area contributed by atoms with Gasteiger partial charge in [0.05, 0.1) is 25.9 Å². The second kappa shape index (κ2) is 8.40. The maximum Gasteiger partial charge on any atom is 0.279 e. The number of hydrogen-bond donors (Lipinski definition) is 2. The van der Waals surface area contributed by atoms with Gasteiger partial charge in [-0.15, -0.1) is 0 Å². The van der Waals surface area contributed by atoms with Crippen LogP contribution >= 0.6 is 0 Å². The molecule has 2 rings (SSSR count). The van der Waals surface area contributed by atoms with Crippen molar-refractivity contribution in [2.24, 2.45) is 5.92 Å². The molecule has 0 bridgehead atoms. The third-order valence-electron chi connectivity index (χ3n) is 3.97. The Labute approximate surface area is 127 Å². The molecule has 0 aliphatic carbocycles. The van der Waals surface area contributed by atoms with E-state index in [0.29, 0.717) is 38.8 Å². The third-order valence-corrected chi connectivity index (χ3v) is 5.55. The van der Waals surface area contributed by atoms with E-state index in [4.69, 9.17) is 9.47 Å². The predicted octanol–water partition coefficient (Wildman–Crippen LogP) is -0.442. The minimum atomic E-state index is -3.40. The van der Waals surface area contributed by atoms with Crippen LogP contribution in [-0.2, 0) is 19.7 Å². The first-order valence-electron chi connectivity index (χ1n) is 7.76. The zero-order chi connectivity index (χ0) is 15.1. The Hall–Kier alpha value is -0.250. The van der Waals surface area contributed by atoms with Gasteiger partial charge in [-0.3, -0.25) is 0 Å². The van der Waals surface area contributed by atoms with Crippen molar-refractivity contribution in [2.45, 2.75) is 25.9 Å². The summed E-state index contributed by atoms with van der Waals surface area (Å²) < 4.78 is 39.4. The van der Waals surface area contributed by atoms with Gasteiger partial charge >= 0.3 is 0 Å². The molecule has 7 nitrogen and oxygen atoms in total. The first kappa shape index (κ1) is 17.1. The molecule has 124 valence electrons. The van der Waals surface area contributed by atoms with Crippen LogP contribution in [0.25, 0.3) is 0 Å². The molecule has 1 unspecified atom stereocenters. The largest absolute Gasteiger partial charge is 0.376 e. The van der Waals surface area contributed by atoms with E-state index in [1.54, 1.807) is 4.31 Å². The van der Waals surface area contributed by atoms with Gasteiger partial charge in [-0.05, 0) is 31.8 Å². The van der Waals surface area contributed by atoms with Gasteiger partial charge < -0.3 is 14.8 Å². The number of ether oxygens (including phenoxy) is 2. The van der Waals surface area contributed by atoms with E-state index >= 15 is 0 Å². The maximum atomic E-state index is 12.3. The average molecular weight is 321 g/mol. The zero-order valence-electron chi connectivity index (χ0n) is 12.7. The molecule has 0 saturated carbocycles. The summed E-state index contributed by atoms with van der Waals surface area (Å²) in [6, 6.07) is 0. The van der Waals surface area contributed by atoms with Gasteiger partial charge in [-0.2, -0.15) is 17.4 Å². The average Bonchev–Trinajstić information content (AvgIpc) is 2.52. The summed E-state index contributed by atoms with van der Waals surface area (Å²) in [5.41, 5.74) is 0. The highest BCUT2D eigenvalue weighted by molar-refractivity contribution is 7.87. The predicted molar refractivity (Wildman–Crippen MR) is 80.3 cm³/mol. The lowest BCUT2D eigenvalue weighted by Gasteiger charge is -2.32. The molecule has 0 radical (unpaired) electrons. The molecule has 0 amide bonds. The zero-order valence-corrected chi connectivity index (χ0v) is 13.5. The van der Waals surface area contributed by atoms with Crippen LogP contribution in [0.1, 0.15) is 19.8 Å². The Morgan fingerprint density at radius 2 is 1.95 bits per heavy atom. The van der Waals surface area contributed by atoms with Crippen molar-refractivity contribution in [1.82, 2.24) is 14.3 Å². The topological polar surface area (TPSA) is 79.9 Å². The van der Waals surface area contributed by atoms with Crippen molar-refractivity contribution in [2.75, 3.05) is 52.5 Å². The molecule has 0 spiro atoms. The molecule has 2 fully saturated rings. The van der Waals surface area contributed by atoms with Gasteiger partial charge in [0, 0.05) is 19.6 Å². The van der Waals surface area contributed by atoms with Crippen LogP contribution in [0.15, 0.2) is 0 Å². The summed E-state index contributed by atoms with van der Waals surface area (Å²) >= 11 is 0. The standard InChI is InChI=1S/C13H27N3O4S/c1-2-14-9-12-3-5-16(6-4-12)21(17,18)15-10-13-11-19-7-8-20-13/h12-15H,2-11H2,1H3. The molecule has 0 aromatic heterocycles. The highest BCUT2D eigenvalue weighted by Crippen LogP contribution is 2.18. The minimum absolute atomic E-state index is 0.181. The van der Waals surface area contributed by atoms with E-state index in [1.165, 1.54) is 0 Å². The summed E-state index contributed by atoms with van der Waals surface area (Å²) in [6.45, 7) is 7.05. The first-order valence-corrected chi connectivity index (χ1v) is 9.20. The van der Waals surface area contributed by atoms with Crippen LogP contribution < -0.4 is 10.0 Å². The molecule has 2 aliphatic rings. The van der Waals surface area contributed by atoms with Gasteiger partial charge in [-0.25, -0.2) is 0 Å². The first-order chi connectivity index (χ1) is 10.1. The maximum absolute atomic E-state index is 12.3. The van der Waals surface area contributed by atoms with Crippen molar-refractivity contribution in [3.8, 4) is 0 Å². The molecule has 0 aromatic rings. The highest BCUT2D eigenvalue weighted by Gasteiger charge is 2.28. The van der Waals surface area contributed by atoms with Crippen molar-refractivity contribution >= 4 is 10.2 Å². The third kappa shape index (κ3) is 5.46. The molecule has 2 saturated heterocycles. The van der Waals surface area contributed by atoms with Gasteiger partial charge in [0.2, 0.25) is 0 Å². The Morgan fingerprint density at radius 1 is 1.19 bits per heavy atom. The summed E-state index contributed by atoms with van der Waals surface area (Å²) in [6.07, 6.45) is 1.65. The second-order valence-corrected chi connectivity index (χ2v) is 7.33. The van der Waals surface area contributed by atoms with Gasteiger partial charge in [0.25, 0.3) is 10.2 Å². The monoisotopic (exact) mass is 321 g/mol. The molecule has 8 heteroatoms. The molecular formula is C13H27N3O4S. The number of rotatable bonds is 7. The van der Waals surface area contributed by atoms with Gasteiger partial charge in [-0.1, -0.05) is 6.92 Å². The van der Waals surface area contributed by atoms with Gasteiger partial charge in [0.1, 0.15) is 0 Å². The van der Waals surface area contributed by atoms with Crippen molar-refractivity contribution in [3.63, 3.8) is 0 Å². The SMILES string of the molecule is CCNCC1CCN(S(=O)(=O)NCC2COCCO2)CC1. The molecule has 21 heavy (non-hydrogen) atoms. The second-order valence-electron chi connectivity index (χ2n) is 5.57. The van der Waals surface area contributed by atoms with Crippen LogP contribution in [0, 0.1) is 5.92 Å². The Morgan fingerprint density at radius 3 is 2.57 bits per heavy atom. The molecule has 2 aliphatic heterocycles. The molecular weight excluding hydrogens is 294 g/mol. The Bertz CT molecular complexity index is 390. The summed E-state index contributed by atoms with van der Waals surface area (Å²) in [5, 5.41) is 3.33. The van der Waals surface area contributed by atoms with Gasteiger partial charge in [0.15, 0.2) is 0 Å². The molecule has 0 aromatic carbocycles. The van der Waals surface area contributed by atoms with E-state index in [9.17, 15) is 8.42 Å². The normalized spacial score (nSPS) is 26.0. The number of nitrogens with zero attached hydrogens (tertiary/aromatic N) is 1. The lowest BCUT2D eigenvalue weighted by molar-refractivity contribution is -0.0847. The van der Waals surface area contributed by atoms with Crippen molar-refractivity contribution in [3.05, 3.63) is 0 Å². The summed E-state index contributed by atoms with van der Waals surface area (Å²) in [5.74, 6) is 0.575. The van der Waals surface area contributed by atoms with Crippen molar-refractivity contribution in [1.29, 1.82) is 0 Å². The quantitative estimate of drug-likeness (QED) is 0.664. The van der Waals surface area contributed by atoms with Crippen LogP contribution in [0.3, 0.4) is 0 Å². The smallest absolute Gasteiger partial charge is 0.279 e.